The Labute approximate surface area is 138 Å². The van der Waals surface area contributed by atoms with E-state index >= 15 is 0 Å². The van der Waals surface area contributed by atoms with Crippen molar-refractivity contribution in [3.05, 3.63) is 47.8 Å². The van der Waals surface area contributed by atoms with Gasteiger partial charge in [0, 0.05) is 31.4 Å². The highest BCUT2D eigenvalue weighted by atomic mass is 32.2. The molecule has 0 unspecified atom stereocenters. The van der Waals surface area contributed by atoms with E-state index in [1.807, 2.05) is 6.92 Å². The molecule has 3 rings (SSSR count). The van der Waals surface area contributed by atoms with Crippen LogP contribution in [0.4, 0.5) is 8.78 Å². The van der Waals surface area contributed by atoms with Crippen LogP contribution in [0.1, 0.15) is 18.6 Å². The normalized spacial score (nSPS) is 19.5. The zero-order valence-corrected chi connectivity index (χ0v) is 13.8. The molecule has 1 aromatic heterocycles. The summed E-state index contributed by atoms with van der Waals surface area (Å²) < 4.78 is 60.9. The molecule has 0 saturated carbocycles. The van der Waals surface area contributed by atoms with Crippen LogP contribution in [-0.2, 0) is 21.3 Å². The number of sulfonamides is 1. The number of hydrogen-bond acceptors (Lipinski definition) is 4. The van der Waals surface area contributed by atoms with E-state index in [0.717, 1.165) is 22.0 Å². The Kier molecular flexibility index (Phi) is 4.66. The monoisotopic (exact) mass is 357 g/mol. The number of rotatable bonds is 4. The molecule has 1 fully saturated rings. The van der Waals surface area contributed by atoms with Gasteiger partial charge in [-0.1, -0.05) is 0 Å². The van der Waals surface area contributed by atoms with Crippen LogP contribution in [0.15, 0.2) is 35.5 Å². The van der Waals surface area contributed by atoms with Crippen molar-refractivity contribution in [3.63, 3.8) is 0 Å². The molecule has 2 aromatic rings. The second-order valence-corrected chi connectivity index (χ2v) is 7.33. The van der Waals surface area contributed by atoms with Crippen LogP contribution in [0.3, 0.4) is 0 Å². The van der Waals surface area contributed by atoms with E-state index < -0.39 is 32.7 Å². The van der Waals surface area contributed by atoms with Gasteiger partial charge in [-0.3, -0.25) is 4.68 Å². The number of ether oxygens (including phenoxy) is 1. The van der Waals surface area contributed by atoms with Crippen LogP contribution in [0, 0.1) is 11.6 Å². The van der Waals surface area contributed by atoms with E-state index in [9.17, 15) is 17.2 Å². The molecule has 1 aliphatic rings. The quantitative estimate of drug-likeness (QED) is 0.839. The Morgan fingerprint density at radius 1 is 1.38 bits per heavy atom. The highest BCUT2D eigenvalue weighted by molar-refractivity contribution is 7.89. The zero-order chi connectivity index (χ0) is 17.3. The van der Waals surface area contributed by atoms with Gasteiger partial charge in [-0.2, -0.15) is 9.40 Å². The number of halogens is 2. The number of hydrogen-bond donors (Lipinski definition) is 0. The number of aryl methyl sites for hydroxylation is 1. The summed E-state index contributed by atoms with van der Waals surface area (Å²) >= 11 is 0. The molecule has 6 nitrogen and oxygen atoms in total. The van der Waals surface area contributed by atoms with Crippen LogP contribution in [-0.4, -0.2) is 42.2 Å². The summed E-state index contributed by atoms with van der Waals surface area (Å²) in [4.78, 5) is -0.660. The number of benzene rings is 1. The van der Waals surface area contributed by atoms with Crippen LogP contribution in [0.5, 0.6) is 0 Å². The lowest BCUT2D eigenvalue weighted by atomic mass is 10.2. The standard InChI is InChI=1S/C15H17F2N3O3S/c1-2-19-9-11(8-18-19)14-10-20(5-6-23-14)24(21,22)15-7-12(16)3-4-13(15)17/h3-4,7-9,14H,2,5-6,10H2,1H3/t14-/m0/s1. The summed E-state index contributed by atoms with van der Waals surface area (Å²) in [6.45, 7) is 2.88. The molecule has 0 N–H and O–H groups in total. The fourth-order valence-electron chi connectivity index (χ4n) is 2.58. The van der Waals surface area contributed by atoms with Gasteiger partial charge < -0.3 is 4.74 Å². The van der Waals surface area contributed by atoms with Gasteiger partial charge in [0.25, 0.3) is 0 Å². The number of aromatic nitrogens is 2. The predicted octanol–water partition coefficient (Wildman–Crippen LogP) is 1.94. The Balaban J connectivity index is 1.87. The predicted molar refractivity (Wildman–Crippen MR) is 81.7 cm³/mol. The Hall–Kier alpha value is -1.84. The third-order valence-corrected chi connectivity index (χ3v) is 5.77. The molecule has 0 spiro atoms. The average molecular weight is 357 g/mol. The molecular formula is C15H17F2N3O3S. The van der Waals surface area contributed by atoms with Gasteiger partial charge in [-0.05, 0) is 25.1 Å². The van der Waals surface area contributed by atoms with E-state index in [2.05, 4.69) is 5.10 Å². The first-order chi connectivity index (χ1) is 11.4. The van der Waals surface area contributed by atoms with Gasteiger partial charge in [0.15, 0.2) is 0 Å². The summed E-state index contributed by atoms with van der Waals surface area (Å²) in [5.41, 5.74) is 0.747. The lowest BCUT2D eigenvalue weighted by Gasteiger charge is -2.31. The number of nitrogens with zero attached hydrogens (tertiary/aromatic N) is 3. The molecule has 0 aliphatic carbocycles. The third kappa shape index (κ3) is 3.19. The smallest absolute Gasteiger partial charge is 0.246 e. The average Bonchev–Trinajstić information content (AvgIpc) is 3.06. The molecule has 1 saturated heterocycles. The molecule has 1 atom stereocenters. The third-order valence-electron chi connectivity index (χ3n) is 3.89. The van der Waals surface area contributed by atoms with Gasteiger partial charge in [-0.15, -0.1) is 0 Å². The minimum atomic E-state index is -4.14. The van der Waals surface area contributed by atoms with Crippen molar-refractivity contribution < 1.29 is 21.9 Å². The molecule has 130 valence electrons. The molecule has 0 bridgehead atoms. The highest BCUT2D eigenvalue weighted by Gasteiger charge is 2.33. The molecular weight excluding hydrogens is 340 g/mol. The second kappa shape index (κ2) is 6.58. The van der Waals surface area contributed by atoms with Crippen LogP contribution in [0.25, 0.3) is 0 Å². The molecule has 2 heterocycles. The molecule has 1 aliphatic heterocycles. The van der Waals surface area contributed by atoms with Crippen LogP contribution < -0.4 is 0 Å². The lowest BCUT2D eigenvalue weighted by molar-refractivity contribution is -0.00266. The van der Waals surface area contributed by atoms with Crippen molar-refractivity contribution in [2.24, 2.45) is 0 Å². The first-order valence-corrected chi connectivity index (χ1v) is 8.95. The van der Waals surface area contributed by atoms with Crippen molar-refractivity contribution in [2.45, 2.75) is 24.5 Å². The largest absolute Gasteiger partial charge is 0.371 e. The van der Waals surface area contributed by atoms with Gasteiger partial charge in [0.05, 0.1) is 18.9 Å². The SMILES string of the molecule is CCn1cc([C@@H]2CN(S(=O)(=O)c3cc(F)ccc3F)CCO2)cn1. The van der Waals surface area contributed by atoms with Gasteiger partial charge in [0.2, 0.25) is 10.0 Å². The van der Waals surface area contributed by atoms with Crippen molar-refractivity contribution in [1.82, 2.24) is 14.1 Å². The molecule has 0 radical (unpaired) electrons. The maximum Gasteiger partial charge on any atom is 0.246 e. The van der Waals surface area contributed by atoms with Crippen molar-refractivity contribution in [2.75, 3.05) is 19.7 Å². The van der Waals surface area contributed by atoms with Crippen LogP contribution >= 0.6 is 0 Å². The van der Waals surface area contributed by atoms with Gasteiger partial charge in [-0.25, -0.2) is 17.2 Å². The molecule has 1 aromatic carbocycles. The summed E-state index contributed by atoms with van der Waals surface area (Å²) in [7, 11) is -4.14. The summed E-state index contributed by atoms with van der Waals surface area (Å²) in [5.74, 6) is -1.78. The van der Waals surface area contributed by atoms with Crippen molar-refractivity contribution in [1.29, 1.82) is 0 Å². The summed E-state index contributed by atoms with van der Waals surface area (Å²) in [5, 5.41) is 4.14. The van der Waals surface area contributed by atoms with Gasteiger partial charge in [0.1, 0.15) is 16.5 Å². The molecule has 24 heavy (non-hydrogen) atoms. The van der Waals surface area contributed by atoms with E-state index in [-0.39, 0.29) is 19.7 Å². The van der Waals surface area contributed by atoms with E-state index in [1.165, 1.54) is 0 Å². The van der Waals surface area contributed by atoms with Crippen molar-refractivity contribution >= 4 is 10.0 Å². The van der Waals surface area contributed by atoms with Gasteiger partial charge >= 0.3 is 0 Å². The molecule has 9 heteroatoms. The maximum absolute atomic E-state index is 13.9. The van der Waals surface area contributed by atoms with E-state index in [0.29, 0.717) is 12.6 Å². The molecule has 0 amide bonds. The Bertz CT molecular complexity index is 838. The second-order valence-electron chi connectivity index (χ2n) is 5.43. The number of morpholine rings is 1. The zero-order valence-electron chi connectivity index (χ0n) is 13.0. The topological polar surface area (TPSA) is 64.4 Å². The highest BCUT2D eigenvalue weighted by Crippen LogP contribution is 2.27. The van der Waals surface area contributed by atoms with E-state index in [4.69, 9.17) is 4.74 Å². The first kappa shape index (κ1) is 17.0. The Morgan fingerprint density at radius 3 is 2.88 bits per heavy atom. The lowest BCUT2D eigenvalue weighted by Crippen LogP contribution is -2.42. The van der Waals surface area contributed by atoms with Crippen molar-refractivity contribution in [3.8, 4) is 0 Å². The maximum atomic E-state index is 13.9. The minimum absolute atomic E-state index is 0.0215. The Morgan fingerprint density at radius 2 is 2.17 bits per heavy atom. The van der Waals surface area contributed by atoms with Crippen LogP contribution in [0.2, 0.25) is 0 Å². The minimum Gasteiger partial charge on any atom is -0.371 e. The summed E-state index contributed by atoms with van der Waals surface area (Å²) in [6.07, 6.45) is 2.90. The fourth-order valence-corrected chi connectivity index (χ4v) is 4.08. The first-order valence-electron chi connectivity index (χ1n) is 7.51. The fraction of sp³-hybridized carbons (Fsp3) is 0.400. The summed E-state index contributed by atoms with van der Waals surface area (Å²) in [6, 6.07) is 2.39. The van der Waals surface area contributed by atoms with E-state index in [1.54, 1.807) is 17.1 Å².